The van der Waals surface area contributed by atoms with Gasteiger partial charge in [0, 0.05) is 17.3 Å². The molecule has 0 aliphatic heterocycles. The van der Waals surface area contributed by atoms with Crippen molar-refractivity contribution >= 4 is 23.4 Å². The number of benzene rings is 2. The van der Waals surface area contributed by atoms with E-state index in [2.05, 4.69) is 15.5 Å². The molecule has 1 N–H and O–H groups in total. The lowest BCUT2D eigenvalue weighted by Crippen LogP contribution is -2.22. The second kappa shape index (κ2) is 8.05. The van der Waals surface area contributed by atoms with Crippen molar-refractivity contribution < 1.29 is 13.9 Å². The van der Waals surface area contributed by atoms with Gasteiger partial charge in [0.25, 0.3) is 5.22 Å². The van der Waals surface area contributed by atoms with Crippen molar-refractivity contribution in [3.63, 3.8) is 0 Å². The van der Waals surface area contributed by atoms with Crippen LogP contribution < -0.4 is 10.1 Å². The number of ether oxygens (including phenoxy) is 1. The molecule has 0 aliphatic carbocycles. The van der Waals surface area contributed by atoms with E-state index < -0.39 is 5.25 Å². The summed E-state index contributed by atoms with van der Waals surface area (Å²) in [6.07, 6.45) is 0. The first-order valence-corrected chi connectivity index (χ1v) is 8.96. The normalized spacial score (nSPS) is 11.8. The van der Waals surface area contributed by atoms with Crippen molar-refractivity contribution in [3.8, 4) is 17.2 Å². The fourth-order valence-electron chi connectivity index (χ4n) is 2.33. The van der Waals surface area contributed by atoms with Gasteiger partial charge in [0.1, 0.15) is 5.75 Å². The molecule has 0 aliphatic rings. The van der Waals surface area contributed by atoms with Crippen LogP contribution >= 0.6 is 11.8 Å². The number of thioether (sulfide) groups is 1. The number of aromatic nitrogens is 2. The molecule has 0 radical (unpaired) electrons. The summed E-state index contributed by atoms with van der Waals surface area (Å²) >= 11 is 1.22. The monoisotopic (exact) mass is 369 g/mol. The van der Waals surface area contributed by atoms with Crippen LogP contribution in [0.4, 0.5) is 5.69 Å². The number of carbonyl (C=O) groups is 1. The Morgan fingerprint density at radius 1 is 1.19 bits per heavy atom. The molecule has 0 fully saturated rings. The van der Waals surface area contributed by atoms with Gasteiger partial charge in [-0.1, -0.05) is 36.0 Å². The number of nitrogens with zero attached hydrogens (tertiary/aromatic N) is 2. The number of carbonyl (C=O) groups excluding carboxylic acids is 1. The van der Waals surface area contributed by atoms with E-state index in [-0.39, 0.29) is 5.91 Å². The lowest BCUT2D eigenvalue weighted by Gasteiger charge is -2.10. The molecule has 7 heteroatoms. The minimum Gasteiger partial charge on any atom is -0.497 e. The van der Waals surface area contributed by atoms with Crippen LogP contribution in [0.15, 0.2) is 58.2 Å². The van der Waals surface area contributed by atoms with Crippen LogP contribution in [0.2, 0.25) is 0 Å². The molecule has 134 valence electrons. The van der Waals surface area contributed by atoms with Crippen LogP contribution in [0.5, 0.6) is 5.75 Å². The van der Waals surface area contributed by atoms with Gasteiger partial charge in [0.2, 0.25) is 11.8 Å². The van der Waals surface area contributed by atoms with Crippen LogP contribution in [0.3, 0.4) is 0 Å². The standard InChI is InChI=1S/C19H19N3O3S/c1-12-7-4-5-10-16(12)18-21-22-19(25-18)26-13(2)17(23)20-14-8-6-9-15(11-14)24-3/h4-11,13H,1-3H3,(H,20,23)/t13-/m1/s1. The van der Waals surface area contributed by atoms with Gasteiger partial charge >= 0.3 is 0 Å². The average Bonchev–Trinajstić information content (AvgIpc) is 3.10. The SMILES string of the molecule is COc1cccc(NC(=O)[C@@H](C)Sc2nnc(-c3ccccc3C)o2)c1. The third kappa shape index (κ3) is 4.23. The zero-order chi connectivity index (χ0) is 18.5. The van der Waals surface area contributed by atoms with Crippen LogP contribution in [-0.2, 0) is 4.79 Å². The van der Waals surface area contributed by atoms with E-state index in [1.54, 1.807) is 26.2 Å². The van der Waals surface area contributed by atoms with Crippen molar-refractivity contribution in [1.29, 1.82) is 0 Å². The van der Waals surface area contributed by atoms with E-state index in [4.69, 9.17) is 9.15 Å². The summed E-state index contributed by atoms with van der Waals surface area (Å²) in [6, 6.07) is 15.0. The smallest absolute Gasteiger partial charge is 0.277 e. The number of methoxy groups -OCH3 is 1. The number of rotatable bonds is 6. The molecule has 0 unspecified atom stereocenters. The summed E-state index contributed by atoms with van der Waals surface area (Å²) in [5.41, 5.74) is 2.62. The second-order valence-corrected chi connectivity index (χ2v) is 6.96. The van der Waals surface area contributed by atoms with Crippen LogP contribution in [0.1, 0.15) is 12.5 Å². The Labute approximate surface area is 156 Å². The first-order valence-electron chi connectivity index (χ1n) is 8.08. The second-order valence-electron chi connectivity index (χ2n) is 5.67. The van der Waals surface area contributed by atoms with Gasteiger partial charge in [-0.3, -0.25) is 4.79 Å². The quantitative estimate of drug-likeness (QED) is 0.657. The number of hydrogen-bond acceptors (Lipinski definition) is 6. The molecular formula is C19H19N3O3S. The summed E-state index contributed by atoms with van der Waals surface area (Å²) in [5, 5.41) is 10.9. The maximum absolute atomic E-state index is 12.4. The summed E-state index contributed by atoms with van der Waals surface area (Å²) in [5.74, 6) is 0.979. The van der Waals surface area contributed by atoms with Crippen LogP contribution in [0.25, 0.3) is 11.5 Å². The number of amides is 1. The predicted octanol–water partition coefficient (Wildman–Crippen LogP) is 4.17. The number of anilines is 1. The molecule has 0 saturated heterocycles. The largest absolute Gasteiger partial charge is 0.497 e. The Hall–Kier alpha value is -2.80. The summed E-state index contributed by atoms with van der Waals surface area (Å²) in [6.45, 7) is 3.77. The molecule has 6 nitrogen and oxygen atoms in total. The van der Waals surface area contributed by atoms with E-state index in [9.17, 15) is 4.79 Å². The van der Waals surface area contributed by atoms with Gasteiger partial charge in [-0.25, -0.2) is 0 Å². The summed E-state index contributed by atoms with van der Waals surface area (Å²) in [7, 11) is 1.58. The molecular weight excluding hydrogens is 350 g/mol. The molecule has 1 aromatic heterocycles. The summed E-state index contributed by atoms with van der Waals surface area (Å²) in [4.78, 5) is 12.4. The fraction of sp³-hybridized carbons (Fsp3) is 0.211. The molecule has 1 atom stereocenters. The molecule has 1 heterocycles. The van der Waals surface area contributed by atoms with Gasteiger partial charge in [-0.05, 0) is 37.6 Å². The minimum absolute atomic E-state index is 0.154. The highest BCUT2D eigenvalue weighted by molar-refractivity contribution is 8.00. The Morgan fingerprint density at radius 3 is 2.77 bits per heavy atom. The average molecular weight is 369 g/mol. The number of nitrogens with one attached hydrogen (secondary N) is 1. The zero-order valence-electron chi connectivity index (χ0n) is 14.7. The fourth-order valence-corrected chi connectivity index (χ4v) is 3.01. The van der Waals surface area contributed by atoms with E-state index >= 15 is 0 Å². The highest BCUT2D eigenvalue weighted by Crippen LogP contribution is 2.28. The Bertz CT molecular complexity index is 910. The van der Waals surface area contributed by atoms with Gasteiger partial charge in [0.05, 0.1) is 12.4 Å². The lowest BCUT2D eigenvalue weighted by atomic mass is 10.1. The molecule has 0 saturated carbocycles. The lowest BCUT2D eigenvalue weighted by molar-refractivity contribution is -0.115. The first-order chi connectivity index (χ1) is 12.6. The van der Waals surface area contributed by atoms with E-state index in [1.165, 1.54) is 11.8 Å². The van der Waals surface area contributed by atoms with Gasteiger partial charge in [-0.15, -0.1) is 10.2 Å². The third-order valence-electron chi connectivity index (χ3n) is 3.77. The third-order valence-corrected chi connectivity index (χ3v) is 4.70. The minimum atomic E-state index is -0.397. The van der Waals surface area contributed by atoms with Crippen molar-refractivity contribution in [1.82, 2.24) is 10.2 Å². The van der Waals surface area contributed by atoms with Crippen molar-refractivity contribution in [2.24, 2.45) is 0 Å². The van der Waals surface area contributed by atoms with E-state index in [0.717, 1.165) is 11.1 Å². The van der Waals surface area contributed by atoms with Crippen molar-refractivity contribution in [2.75, 3.05) is 12.4 Å². The number of hydrogen-bond donors (Lipinski definition) is 1. The zero-order valence-corrected chi connectivity index (χ0v) is 15.5. The van der Waals surface area contributed by atoms with Crippen LogP contribution in [0, 0.1) is 6.92 Å². The molecule has 3 rings (SSSR count). The maximum atomic E-state index is 12.4. The molecule has 1 amide bonds. The molecule has 0 spiro atoms. The molecule has 3 aromatic rings. The predicted molar refractivity (Wildman–Crippen MR) is 101 cm³/mol. The van der Waals surface area contributed by atoms with Crippen molar-refractivity contribution in [3.05, 3.63) is 54.1 Å². The van der Waals surface area contributed by atoms with E-state index in [0.29, 0.717) is 22.6 Å². The highest BCUT2D eigenvalue weighted by atomic mass is 32.2. The Balaban J connectivity index is 1.65. The Kier molecular flexibility index (Phi) is 5.58. The molecule has 26 heavy (non-hydrogen) atoms. The van der Waals surface area contributed by atoms with Gasteiger partial charge in [-0.2, -0.15) is 0 Å². The van der Waals surface area contributed by atoms with Crippen LogP contribution in [-0.4, -0.2) is 28.5 Å². The first kappa shape index (κ1) is 18.0. The topological polar surface area (TPSA) is 77.2 Å². The summed E-state index contributed by atoms with van der Waals surface area (Å²) < 4.78 is 10.9. The van der Waals surface area contributed by atoms with Gasteiger partial charge in [0.15, 0.2) is 0 Å². The molecule has 2 aromatic carbocycles. The van der Waals surface area contributed by atoms with Crippen molar-refractivity contribution in [2.45, 2.75) is 24.3 Å². The van der Waals surface area contributed by atoms with E-state index in [1.807, 2.05) is 43.3 Å². The van der Waals surface area contributed by atoms with Gasteiger partial charge < -0.3 is 14.5 Å². The number of aryl methyl sites for hydroxylation is 1. The maximum Gasteiger partial charge on any atom is 0.277 e. The highest BCUT2D eigenvalue weighted by Gasteiger charge is 2.19. The Morgan fingerprint density at radius 2 is 2.00 bits per heavy atom. The molecule has 0 bridgehead atoms.